The van der Waals surface area contributed by atoms with Crippen molar-refractivity contribution < 1.29 is 29.2 Å². The predicted molar refractivity (Wildman–Crippen MR) is 65.4 cm³/mol. The van der Waals surface area contributed by atoms with E-state index in [0.717, 1.165) is 6.42 Å². The Morgan fingerprint density at radius 3 is 2.84 bits per heavy atom. The molecule has 1 aliphatic rings. The topological polar surface area (TPSA) is 85.2 Å². The van der Waals surface area contributed by atoms with E-state index in [9.17, 15) is 9.90 Å². The van der Waals surface area contributed by atoms with Crippen molar-refractivity contribution in [2.24, 2.45) is 0 Å². The fourth-order valence-corrected chi connectivity index (χ4v) is 1.88. The molecule has 0 saturated carbocycles. The summed E-state index contributed by atoms with van der Waals surface area (Å²) in [5.74, 6) is -0.399. The fraction of sp³-hybridized carbons (Fsp3) is 0.462. The smallest absolute Gasteiger partial charge is 0.337 e. The molecule has 19 heavy (non-hydrogen) atoms. The number of methoxy groups -OCH3 is 1. The second kappa shape index (κ2) is 5.90. The maximum Gasteiger partial charge on any atom is 0.337 e. The van der Waals surface area contributed by atoms with E-state index in [2.05, 4.69) is 0 Å². The Balaban J connectivity index is 2.18. The molecule has 1 saturated heterocycles. The highest BCUT2D eigenvalue weighted by atomic mass is 16.6. The lowest BCUT2D eigenvalue weighted by Gasteiger charge is -2.16. The molecular formula is C13H16O6. The van der Waals surface area contributed by atoms with Gasteiger partial charge in [-0.1, -0.05) is 6.07 Å². The van der Waals surface area contributed by atoms with Crippen molar-refractivity contribution in [1.29, 1.82) is 0 Å². The summed E-state index contributed by atoms with van der Waals surface area (Å²) in [5, 5.41) is 18.2. The van der Waals surface area contributed by atoms with Gasteiger partial charge in [-0.2, -0.15) is 0 Å². The molecule has 1 aliphatic heterocycles. The van der Waals surface area contributed by atoms with Gasteiger partial charge in [-0.3, -0.25) is 0 Å². The van der Waals surface area contributed by atoms with Gasteiger partial charge in [0.2, 0.25) is 0 Å². The summed E-state index contributed by atoms with van der Waals surface area (Å²) in [6.07, 6.45) is -0.787. The zero-order valence-electron chi connectivity index (χ0n) is 10.5. The van der Waals surface area contributed by atoms with Gasteiger partial charge in [-0.25, -0.2) is 4.79 Å². The zero-order chi connectivity index (χ0) is 13.8. The van der Waals surface area contributed by atoms with E-state index in [4.69, 9.17) is 19.3 Å². The first-order chi connectivity index (χ1) is 9.11. The Bertz CT molecular complexity index is 452. The Morgan fingerprint density at radius 2 is 2.26 bits per heavy atom. The maximum absolute atomic E-state index is 10.7. The highest BCUT2D eigenvalue weighted by Gasteiger charge is 2.21. The molecule has 1 heterocycles. The number of hydrogen-bond acceptors (Lipinski definition) is 5. The Labute approximate surface area is 110 Å². The van der Waals surface area contributed by atoms with Crippen molar-refractivity contribution in [2.45, 2.75) is 18.6 Å². The maximum atomic E-state index is 10.7. The zero-order valence-corrected chi connectivity index (χ0v) is 10.5. The molecule has 2 N–H and O–H groups in total. The molecule has 6 nitrogen and oxygen atoms in total. The first-order valence-electron chi connectivity index (χ1n) is 5.95. The summed E-state index contributed by atoms with van der Waals surface area (Å²) < 4.78 is 16.1. The highest BCUT2D eigenvalue weighted by molar-refractivity contribution is 5.74. The van der Waals surface area contributed by atoms with Crippen molar-refractivity contribution in [3.05, 3.63) is 23.8 Å². The summed E-state index contributed by atoms with van der Waals surface area (Å²) in [6, 6.07) is 4.56. The van der Waals surface area contributed by atoms with Crippen LogP contribution in [-0.4, -0.2) is 42.6 Å². The molecule has 6 heteroatoms. The average molecular weight is 268 g/mol. The minimum Gasteiger partial charge on any atom is -0.493 e. The van der Waals surface area contributed by atoms with Gasteiger partial charge in [0, 0.05) is 6.42 Å². The van der Waals surface area contributed by atoms with Crippen LogP contribution in [0.15, 0.2) is 18.2 Å². The first kappa shape index (κ1) is 13.6. The standard InChI is InChI=1S/C13H16O6/c1-17-11-6-8(12(14)13(15)16)2-3-10(11)19-9-4-5-18-7-9/h2-3,6,9,12,14H,4-5,7H2,1H3,(H,15,16). The summed E-state index contributed by atoms with van der Waals surface area (Å²) in [7, 11) is 1.46. The highest BCUT2D eigenvalue weighted by Crippen LogP contribution is 2.32. The third kappa shape index (κ3) is 3.15. The van der Waals surface area contributed by atoms with Crippen LogP contribution in [0.5, 0.6) is 11.5 Å². The minimum absolute atomic E-state index is 0.0239. The third-order valence-corrected chi connectivity index (χ3v) is 2.92. The molecule has 0 radical (unpaired) electrons. The molecule has 0 aliphatic carbocycles. The van der Waals surface area contributed by atoms with Crippen LogP contribution in [0.25, 0.3) is 0 Å². The van der Waals surface area contributed by atoms with E-state index in [0.29, 0.717) is 24.7 Å². The van der Waals surface area contributed by atoms with Crippen LogP contribution in [0.1, 0.15) is 18.1 Å². The molecule has 1 aromatic rings. The summed E-state index contributed by atoms with van der Waals surface area (Å²) >= 11 is 0. The van der Waals surface area contributed by atoms with Crippen LogP contribution < -0.4 is 9.47 Å². The number of aliphatic hydroxyl groups is 1. The summed E-state index contributed by atoms with van der Waals surface area (Å²) in [6.45, 7) is 1.20. The predicted octanol–water partition coefficient (Wildman–Crippen LogP) is 0.981. The number of aliphatic hydroxyl groups excluding tert-OH is 1. The van der Waals surface area contributed by atoms with Crippen LogP contribution in [0, 0.1) is 0 Å². The number of carboxylic acid groups (broad SMARTS) is 1. The average Bonchev–Trinajstić information content (AvgIpc) is 2.91. The molecule has 2 atom stereocenters. The number of carboxylic acids is 1. The molecule has 0 amide bonds. The Kier molecular flexibility index (Phi) is 4.24. The molecule has 0 aromatic heterocycles. The Hall–Kier alpha value is -1.79. The van der Waals surface area contributed by atoms with E-state index >= 15 is 0 Å². The molecular weight excluding hydrogens is 252 g/mol. The lowest BCUT2D eigenvalue weighted by atomic mass is 10.1. The van der Waals surface area contributed by atoms with Crippen LogP contribution in [0.2, 0.25) is 0 Å². The number of aliphatic carboxylic acids is 1. The van der Waals surface area contributed by atoms with Crippen LogP contribution in [0.4, 0.5) is 0 Å². The largest absolute Gasteiger partial charge is 0.493 e. The van der Waals surface area contributed by atoms with Crippen LogP contribution >= 0.6 is 0 Å². The lowest BCUT2D eigenvalue weighted by Crippen LogP contribution is -2.16. The van der Waals surface area contributed by atoms with Crippen molar-refractivity contribution in [3.63, 3.8) is 0 Å². The third-order valence-electron chi connectivity index (χ3n) is 2.92. The van der Waals surface area contributed by atoms with Crippen LogP contribution in [-0.2, 0) is 9.53 Å². The first-order valence-corrected chi connectivity index (χ1v) is 5.95. The molecule has 0 bridgehead atoms. The van der Waals surface area contributed by atoms with Gasteiger partial charge in [0.15, 0.2) is 17.6 Å². The van der Waals surface area contributed by atoms with E-state index in [1.165, 1.54) is 19.2 Å². The SMILES string of the molecule is COc1cc(C(O)C(=O)O)ccc1OC1CCOC1. The van der Waals surface area contributed by atoms with Gasteiger partial charge in [-0.05, 0) is 17.7 Å². The van der Waals surface area contributed by atoms with Gasteiger partial charge in [-0.15, -0.1) is 0 Å². The van der Waals surface area contributed by atoms with Gasteiger partial charge >= 0.3 is 5.97 Å². The second-order valence-electron chi connectivity index (χ2n) is 4.25. The minimum atomic E-state index is -1.57. The summed E-state index contributed by atoms with van der Waals surface area (Å²) in [4.78, 5) is 10.7. The number of hydrogen-bond donors (Lipinski definition) is 2. The summed E-state index contributed by atoms with van der Waals surface area (Å²) in [5.41, 5.74) is 0.249. The molecule has 1 aromatic carbocycles. The van der Waals surface area contributed by atoms with Crippen molar-refractivity contribution in [3.8, 4) is 11.5 Å². The second-order valence-corrected chi connectivity index (χ2v) is 4.25. The Morgan fingerprint density at radius 1 is 1.47 bits per heavy atom. The molecule has 1 fully saturated rings. The normalized spacial score (nSPS) is 20.0. The van der Waals surface area contributed by atoms with Gasteiger partial charge in [0.05, 0.1) is 20.3 Å². The number of rotatable bonds is 5. The van der Waals surface area contributed by atoms with Gasteiger partial charge in [0.25, 0.3) is 0 Å². The quantitative estimate of drug-likeness (QED) is 0.828. The van der Waals surface area contributed by atoms with Crippen LogP contribution in [0.3, 0.4) is 0 Å². The van der Waals surface area contributed by atoms with Crippen molar-refractivity contribution in [1.82, 2.24) is 0 Å². The molecule has 0 spiro atoms. The number of benzene rings is 1. The lowest BCUT2D eigenvalue weighted by molar-refractivity contribution is -0.146. The van der Waals surface area contributed by atoms with Crippen molar-refractivity contribution in [2.75, 3.05) is 20.3 Å². The molecule has 104 valence electrons. The molecule has 2 rings (SSSR count). The van der Waals surface area contributed by atoms with E-state index < -0.39 is 12.1 Å². The fourth-order valence-electron chi connectivity index (χ4n) is 1.88. The number of carbonyl (C=O) groups is 1. The van der Waals surface area contributed by atoms with Gasteiger partial charge < -0.3 is 24.4 Å². The van der Waals surface area contributed by atoms with E-state index in [1.54, 1.807) is 6.07 Å². The number of ether oxygens (including phenoxy) is 3. The van der Waals surface area contributed by atoms with Crippen molar-refractivity contribution >= 4 is 5.97 Å². The van der Waals surface area contributed by atoms with E-state index in [1.807, 2.05) is 0 Å². The monoisotopic (exact) mass is 268 g/mol. The van der Waals surface area contributed by atoms with E-state index in [-0.39, 0.29) is 11.7 Å². The van der Waals surface area contributed by atoms with Gasteiger partial charge in [0.1, 0.15) is 6.10 Å². The molecule has 2 unspecified atom stereocenters.